The zero-order valence-corrected chi connectivity index (χ0v) is 11.2. The van der Waals surface area contributed by atoms with Crippen LogP contribution in [0.1, 0.15) is 59.3 Å². The number of esters is 2. The van der Waals surface area contributed by atoms with Crippen LogP contribution in [0.15, 0.2) is 0 Å². The molecule has 0 aliphatic heterocycles. The average molecular weight is 244 g/mol. The van der Waals surface area contributed by atoms with Gasteiger partial charge in [-0.1, -0.05) is 32.6 Å². The van der Waals surface area contributed by atoms with Crippen molar-refractivity contribution in [2.45, 2.75) is 65.4 Å². The molecule has 0 amide bonds. The summed E-state index contributed by atoms with van der Waals surface area (Å²) in [5.74, 6) is -0.797. The fraction of sp³-hybridized carbons (Fsp3) is 0.846. The van der Waals surface area contributed by atoms with E-state index < -0.39 is 12.1 Å². The van der Waals surface area contributed by atoms with Gasteiger partial charge in [-0.3, -0.25) is 4.79 Å². The predicted octanol–water partition coefficient (Wildman–Crippen LogP) is 2.84. The Labute approximate surface area is 104 Å². The molecule has 0 fully saturated rings. The van der Waals surface area contributed by atoms with E-state index in [-0.39, 0.29) is 5.97 Å². The molecule has 0 radical (unpaired) electrons. The maximum absolute atomic E-state index is 11.4. The molecule has 17 heavy (non-hydrogen) atoms. The lowest BCUT2D eigenvalue weighted by atomic mass is 10.1. The van der Waals surface area contributed by atoms with Gasteiger partial charge in [-0.2, -0.15) is 0 Å². The van der Waals surface area contributed by atoms with Gasteiger partial charge in [-0.05, 0) is 20.3 Å². The van der Waals surface area contributed by atoms with Gasteiger partial charge in [0, 0.05) is 6.42 Å². The zero-order valence-electron chi connectivity index (χ0n) is 11.2. The van der Waals surface area contributed by atoms with Crippen LogP contribution in [-0.4, -0.2) is 24.6 Å². The Kier molecular flexibility index (Phi) is 9.49. The summed E-state index contributed by atoms with van der Waals surface area (Å²) < 4.78 is 9.70. The van der Waals surface area contributed by atoms with Crippen LogP contribution in [0.3, 0.4) is 0 Å². The topological polar surface area (TPSA) is 52.6 Å². The van der Waals surface area contributed by atoms with Crippen LogP contribution < -0.4 is 0 Å². The standard InChI is InChI=1S/C13H24O4/c1-4-6-7-8-9-10-12(14)17-11(3)13(15)16-5-2/h11H,4-10H2,1-3H3. The van der Waals surface area contributed by atoms with E-state index in [0.717, 1.165) is 19.3 Å². The lowest BCUT2D eigenvalue weighted by molar-refractivity contribution is -0.166. The third kappa shape index (κ3) is 8.72. The second-order valence-electron chi connectivity index (χ2n) is 4.05. The molecule has 0 heterocycles. The molecule has 0 bridgehead atoms. The minimum Gasteiger partial charge on any atom is -0.463 e. The number of carbonyl (C=O) groups excluding carboxylic acids is 2. The molecule has 0 aromatic heterocycles. The monoisotopic (exact) mass is 244 g/mol. The van der Waals surface area contributed by atoms with E-state index >= 15 is 0 Å². The van der Waals surface area contributed by atoms with E-state index in [1.165, 1.54) is 19.8 Å². The lowest BCUT2D eigenvalue weighted by Crippen LogP contribution is -2.26. The molecule has 4 heteroatoms. The van der Waals surface area contributed by atoms with Crippen molar-refractivity contribution in [1.82, 2.24) is 0 Å². The molecule has 100 valence electrons. The number of hydrogen-bond donors (Lipinski definition) is 0. The Bertz CT molecular complexity index is 225. The van der Waals surface area contributed by atoms with Gasteiger partial charge in [0.25, 0.3) is 0 Å². The van der Waals surface area contributed by atoms with Crippen LogP contribution in [0.25, 0.3) is 0 Å². The highest BCUT2D eigenvalue weighted by Gasteiger charge is 2.18. The van der Waals surface area contributed by atoms with Gasteiger partial charge in [-0.15, -0.1) is 0 Å². The molecular formula is C13H24O4. The van der Waals surface area contributed by atoms with Crippen molar-refractivity contribution in [2.24, 2.45) is 0 Å². The Morgan fingerprint density at radius 3 is 2.29 bits per heavy atom. The van der Waals surface area contributed by atoms with Crippen molar-refractivity contribution in [3.8, 4) is 0 Å². The minimum atomic E-state index is -0.793. The number of ether oxygens (including phenoxy) is 2. The smallest absolute Gasteiger partial charge is 0.347 e. The van der Waals surface area contributed by atoms with Gasteiger partial charge in [0.1, 0.15) is 0 Å². The van der Waals surface area contributed by atoms with Crippen LogP contribution in [0.5, 0.6) is 0 Å². The van der Waals surface area contributed by atoms with E-state index in [9.17, 15) is 9.59 Å². The Morgan fingerprint density at radius 2 is 1.71 bits per heavy atom. The fourth-order valence-corrected chi connectivity index (χ4v) is 1.44. The van der Waals surface area contributed by atoms with Gasteiger partial charge in [0.2, 0.25) is 0 Å². The summed E-state index contributed by atoms with van der Waals surface area (Å²) in [7, 11) is 0. The largest absolute Gasteiger partial charge is 0.463 e. The number of unbranched alkanes of at least 4 members (excludes halogenated alkanes) is 4. The molecule has 0 rings (SSSR count). The SMILES string of the molecule is CCCCCCCC(=O)OC(C)C(=O)OCC. The third-order valence-electron chi connectivity index (χ3n) is 2.41. The Balaban J connectivity index is 3.60. The van der Waals surface area contributed by atoms with E-state index in [1.807, 2.05) is 0 Å². The first-order chi connectivity index (χ1) is 8.11. The summed E-state index contributed by atoms with van der Waals surface area (Å²) in [4.78, 5) is 22.6. The van der Waals surface area contributed by atoms with E-state index in [0.29, 0.717) is 13.0 Å². The van der Waals surface area contributed by atoms with Gasteiger partial charge in [0.15, 0.2) is 6.10 Å². The molecule has 0 spiro atoms. The molecule has 0 aromatic carbocycles. The average Bonchev–Trinajstić information content (AvgIpc) is 2.29. The summed E-state index contributed by atoms with van der Waals surface area (Å²) in [6, 6.07) is 0. The lowest BCUT2D eigenvalue weighted by Gasteiger charge is -2.11. The van der Waals surface area contributed by atoms with Gasteiger partial charge in [0.05, 0.1) is 6.61 Å². The highest BCUT2D eigenvalue weighted by atomic mass is 16.6. The quantitative estimate of drug-likeness (QED) is 0.462. The second-order valence-corrected chi connectivity index (χ2v) is 4.05. The fourth-order valence-electron chi connectivity index (χ4n) is 1.44. The minimum absolute atomic E-state index is 0.303. The molecule has 1 unspecified atom stereocenters. The molecule has 0 N–H and O–H groups in total. The van der Waals surface area contributed by atoms with Crippen LogP contribution in [0, 0.1) is 0 Å². The summed E-state index contributed by atoms with van der Waals surface area (Å²) in [5, 5.41) is 0. The zero-order chi connectivity index (χ0) is 13.1. The van der Waals surface area contributed by atoms with Crippen molar-refractivity contribution < 1.29 is 19.1 Å². The van der Waals surface area contributed by atoms with Crippen molar-refractivity contribution in [3.05, 3.63) is 0 Å². The number of rotatable bonds is 9. The van der Waals surface area contributed by atoms with Crippen LogP contribution >= 0.6 is 0 Å². The van der Waals surface area contributed by atoms with Crippen molar-refractivity contribution in [3.63, 3.8) is 0 Å². The maximum atomic E-state index is 11.4. The first-order valence-electron chi connectivity index (χ1n) is 6.47. The summed E-state index contributed by atoms with van der Waals surface area (Å²) in [5.41, 5.74) is 0. The highest BCUT2D eigenvalue weighted by molar-refractivity contribution is 5.78. The normalized spacial score (nSPS) is 11.9. The van der Waals surface area contributed by atoms with Gasteiger partial charge in [-0.25, -0.2) is 4.79 Å². The molecule has 0 aliphatic carbocycles. The molecule has 0 aliphatic rings. The van der Waals surface area contributed by atoms with E-state index in [4.69, 9.17) is 9.47 Å². The van der Waals surface area contributed by atoms with Gasteiger partial charge < -0.3 is 9.47 Å². The predicted molar refractivity (Wildman–Crippen MR) is 65.6 cm³/mol. The summed E-state index contributed by atoms with van der Waals surface area (Å²) in [6.07, 6.45) is 4.99. The van der Waals surface area contributed by atoms with Crippen LogP contribution in [-0.2, 0) is 19.1 Å². The van der Waals surface area contributed by atoms with E-state index in [2.05, 4.69) is 6.92 Å². The summed E-state index contributed by atoms with van der Waals surface area (Å²) in [6.45, 7) is 5.71. The molecule has 1 atom stereocenters. The van der Waals surface area contributed by atoms with Crippen molar-refractivity contribution in [1.29, 1.82) is 0 Å². The number of carbonyl (C=O) groups is 2. The summed E-state index contributed by atoms with van der Waals surface area (Å²) >= 11 is 0. The van der Waals surface area contributed by atoms with Crippen molar-refractivity contribution in [2.75, 3.05) is 6.61 Å². The van der Waals surface area contributed by atoms with Gasteiger partial charge >= 0.3 is 11.9 Å². The van der Waals surface area contributed by atoms with E-state index in [1.54, 1.807) is 6.92 Å². The third-order valence-corrected chi connectivity index (χ3v) is 2.41. The second kappa shape index (κ2) is 10.1. The van der Waals surface area contributed by atoms with Crippen molar-refractivity contribution >= 4 is 11.9 Å². The Morgan fingerprint density at radius 1 is 1.06 bits per heavy atom. The molecule has 0 saturated heterocycles. The maximum Gasteiger partial charge on any atom is 0.347 e. The highest BCUT2D eigenvalue weighted by Crippen LogP contribution is 2.07. The van der Waals surface area contributed by atoms with Crippen LogP contribution in [0.2, 0.25) is 0 Å². The Hall–Kier alpha value is -1.06. The first-order valence-corrected chi connectivity index (χ1v) is 6.47. The number of hydrogen-bond acceptors (Lipinski definition) is 4. The molecule has 0 aromatic rings. The molecule has 0 saturated carbocycles. The first kappa shape index (κ1) is 15.9. The molecule has 4 nitrogen and oxygen atoms in total. The van der Waals surface area contributed by atoms with Crippen LogP contribution in [0.4, 0.5) is 0 Å². The molecular weight excluding hydrogens is 220 g/mol.